The maximum atomic E-state index is 13.2. The molecule has 1 aliphatic carbocycles. The van der Waals surface area contributed by atoms with Gasteiger partial charge in [-0.25, -0.2) is 22.5 Å². The minimum Gasteiger partial charge on any atom is -0.369 e. The predicted molar refractivity (Wildman–Crippen MR) is 148 cm³/mol. The Morgan fingerprint density at radius 2 is 1.76 bits per heavy atom. The molecule has 8 nitrogen and oxygen atoms in total. The van der Waals surface area contributed by atoms with Gasteiger partial charge in [-0.1, -0.05) is 12.1 Å². The molecule has 0 radical (unpaired) electrons. The first-order valence-corrected chi connectivity index (χ1v) is 14.5. The van der Waals surface area contributed by atoms with Gasteiger partial charge in [-0.3, -0.25) is 4.79 Å². The average Bonchev–Trinajstić information content (AvgIpc) is 2.88. The lowest BCUT2D eigenvalue weighted by atomic mass is 9.85. The van der Waals surface area contributed by atoms with E-state index in [4.69, 9.17) is 0 Å². The maximum absolute atomic E-state index is 13.2. The summed E-state index contributed by atoms with van der Waals surface area (Å²) in [5.41, 5.74) is 1.56. The van der Waals surface area contributed by atoms with Crippen LogP contribution in [0.4, 0.5) is 10.2 Å². The highest BCUT2D eigenvalue weighted by Crippen LogP contribution is 2.27. The van der Waals surface area contributed by atoms with E-state index in [2.05, 4.69) is 25.2 Å². The molecule has 1 aromatic heterocycles. The van der Waals surface area contributed by atoms with Crippen molar-refractivity contribution in [2.75, 3.05) is 32.5 Å². The number of carbonyl (C=O) groups excluding carboxylic acids is 1. The molecule has 0 spiro atoms. The lowest BCUT2D eigenvalue weighted by Crippen LogP contribution is -2.41. The van der Waals surface area contributed by atoms with Crippen LogP contribution in [0.25, 0.3) is 10.9 Å². The number of benzene rings is 2. The lowest BCUT2D eigenvalue weighted by Gasteiger charge is -2.29. The molecule has 3 N–H and O–H groups in total. The van der Waals surface area contributed by atoms with Gasteiger partial charge in [0.15, 0.2) is 0 Å². The number of hydrogen-bond acceptors (Lipinski definition) is 6. The molecule has 2 aromatic carbocycles. The van der Waals surface area contributed by atoms with Gasteiger partial charge in [-0.15, -0.1) is 0 Å². The summed E-state index contributed by atoms with van der Waals surface area (Å²) in [6.45, 7) is 3.51. The number of nitrogens with one attached hydrogen (secondary N) is 3. The third-order valence-electron chi connectivity index (χ3n) is 6.98. The van der Waals surface area contributed by atoms with Crippen molar-refractivity contribution in [3.63, 3.8) is 0 Å². The molecule has 1 aliphatic rings. The summed E-state index contributed by atoms with van der Waals surface area (Å²) in [6, 6.07) is 14.3. The first-order valence-electron chi connectivity index (χ1n) is 13.0. The largest absolute Gasteiger partial charge is 0.369 e. The van der Waals surface area contributed by atoms with Gasteiger partial charge in [-0.05, 0) is 94.7 Å². The van der Waals surface area contributed by atoms with Crippen molar-refractivity contribution in [2.45, 2.75) is 49.6 Å². The molecule has 4 rings (SSSR count). The van der Waals surface area contributed by atoms with E-state index >= 15 is 0 Å². The Balaban J connectivity index is 1.31. The second kappa shape index (κ2) is 12.2. The molecule has 0 unspecified atom stereocenters. The van der Waals surface area contributed by atoms with Crippen molar-refractivity contribution in [3.05, 3.63) is 66.0 Å². The monoisotopic (exact) mass is 541 g/mol. The van der Waals surface area contributed by atoms with Crippen LogP contribution in [0.2, 0.25) is 0 Å². The van der Waals surface area contributed by atoms with Crippen LogP contribution in [-0.2, 0) is 14.8 Å². The highest BCUT2D eigenvalue weighted by molar-refractivity contribution is 7.89. The number of nitrogens with zero attached hydrogens (tertiary/aromatic N) is 2. The Kier molecular flexibility index (Phi) is 8.96. The van der Waals surface area contributed by atoms with Crippen LogP contribution >= 0.6 is 0 Å². The van der Waals surface area contributed by atoms with Crippen LogP contribution < -0.4 is 15.4 Å². The molecule has 0 bridgehead atoms. The molecule has 0 aliphatic heterocycles. The summed E-state index contributed by atoms with van der Waals surface area (Å²) < 4.78 is 42.2. The number of sulfonamides is 1. The Bertz CT molecular complexity index is 1360. The van der Waals surface area contributed by atoms with Gasteiger partial charge in [0.05, 0.1) is 16.5 Å². The van der Waals surface area contributed by atoms with E-state index in [1.807, 2.05) is 33.2 Å². The van der Waals surface area contributed by atoms with E-state index in [0.717, 1.165) is 35.4 Å². The quantitative estimate of drug-likeness (QED) is 0.358. The fourth-order valence-electron chi connectivity index (χ4n) is 4.70. The summed E-state index contributed by atoms with van der Waals surface area (Å²) in [5.74, 6) is 0.207. The Morgan fingerprint density at radius 3 is 2.45 bits per heavy atom. The van der Waals surface area contributed by atoms with Gasteiger partial charge in [0.25, 0.3) is 0 Å². The number of anilines is 1. The Morgan fingerprint density at radius 1 is 1.05 bits per heavy atom. The van der Waals surface area contributed by atoms with Gasteiger partial charge >= 0.3 is 0 Å². The van der Waals surface area contributed by atoms with Crippen molar-refractivity contribution >= 4 is 32.7 Å². The van der Waals surface area contributed by atoms with E-state index in [-0.39, 0.29) is 34.6 Å². The van der Waals surface area contributed by atoms with E-state index in [1.54, 1.807) is 30.3 Å². The minimum atomic E-state index is -3.71. The number of fused-ring (bicyclic) bond motifs is 1. The SMILES string of the molecule is C[C@@H](NC(=O)C1CCC(NS(=O)(=O)c2ccc3nc(NCCN(C)C)ccc3c2)CC1)c1ccc(F)cc1. The standard InChI is InChI=1S/C28H36FN5O3S/c1-19(20-4-9-23(29)10-5-20)31-28(35)21-6-11-24(12-7-21)33-38(36,37)25-13-14-26-22(18-25)8-15-27(32-26)30-16-17-34(2)3/h4-5,8-10,13-15,18-19,21,24,33H,6-7,11-12,16-17H2,1-3H3,(H,30,32)(H,31,35)/t19-,21?,24?/m1/s1. The van der Waals surface area contributed by atoms with Gasteiger partial charge in [0.1, 0.15) is 11.6 Å². The molecule has 1 fully saturated rings. The Labute approximate surface area is 224 Å². The van der Waals surface area contributed by atoms with Gasteiger partial charge in [-0.2, -0.15) is 0 Å². The van der Waals surface area contributed by atoms with Crippen molar-refractivity contribution in [1.82, 2.24) is 19.9 Å². The molecule has 204 valence electrons. The zero-order valence-electron chi connectivity index (χ0n) is 22.1. The predicted octanol–water partition coefficient (Wildman–Crippen LogP) is 4.06. The second-order valence-corrected chi connectivity index (χ2v) is 11.9. The van der Waals surface area contributed by atoms with Crippen LogP contribution in [-0.4, -0.2) is 57.4 Å². The molecule has 3 aromatic rings. The number of aromatic nitrogens is 1. The van der Waals surface area contributed by atoms with Crippen LogP contribution in [0.3, 0.4) is 0 Å². The van der Waals surface area contributed by atoms with Crippen LogP contribution in [0.5, 0.6) is 0 Å². The summed E-state index contributed by atoms with van der Waals surface area (Å²) >= 11 is 0. The zero-order chi connectivity index (χ0) is 27.3. The molecular formula is C28H36FN5O3S. The number of hydrogen-bond donors (Lipinski definition) is 3. The number of amides is 1. The topological polar surface area (TPSA) is 103 Å². The first kappa shape index (κ1) is 27.9. The Hall–Kier alpha value is -3.08. The van der Waals surface area contributed by atoms with Crippen molar-refractivity contribution in [1.29, 1.82) is 0 Å². The maximum Gasteiger partial charge on any atom is 0.240 e. The van der Waals surface area contributed by atoms with Gasteiger partial charge in [0.2, 0.25) is 15.9 Å². The zero-order valence-corrected chi connectivity index (χ0v) is 22.9. The van der Waals surface area contributed by atoms with Crippen LogP contribution in [0, 0.1) is 11.7 Å². The fourth-order valence-corrected chi connectivity index (χ4v) is 6.04. The molecule has 1 amide bonds. The molecule has 38 heavy (non-hydrogen) atoms. The van der Waals surface area contributed by atoms with E-state index in [9.17, 15) is 17.6 Å². The minimum absolute atomic E-state index is 0.0549. The average molecular weight is 542 g/mol. The first-order chi connectivity index (χ1) is 18.1. The summed E-state index contributed by atoms with van der Waals surface area (Å²) in [6.07, 6.45) is 2.36. The summed E-state index contributed by atoms with van der Waals surface area (Å²) in [5, 5.41) is 7.02. The highest BCUT2D eigenvalue weighted by atomic mass is 32.2. The van der Waals surface area contributed by atoms with Crippen LogP contribution in [0.1, 0.15) is 44.2 Å². The number of pyridine rings is 1. The molecule has 1 saturated carbocycles. The van der Waals surface area contributed by atoms with E-state index in [1.165, 1.54) is 12.1 Å². The van der Waals surface area contributed by atoms with Crippen LogP contribution in [0.15, 0.2) is 59.5 Å². The molecule has 1 heterocycles. The van der Waals surface area contributed by atoms with E-state index in [0.29, 0.717) is 25.7 Å². The van der Waals surface area contributed by atoms with Gasteiger partial charge < -0.3 is 15.5 Å². The van der Waals surface area contributed by atoms with E-state index < -0.39 is 10.0 Å². The third-order valence-corrected chi connectivity index (χ3v) is 8.50. The molecule has 10 heteroatoms. The normalized spacial score (nSPS) is 18.9. The number of halogens is 1. The number of carbonyl (C=O) groups is 1. The molecule has 0 saturated heterocycles. The highest BCUT2D eigenvalue weighted by Gasteiger charge is 2.30. The molecule has 1 atom stereocenters. The second-order valence-electron chi connectivity index (χ2n) is 10.2. The smallest absolute Gasteiger partial charge is 0.240 e. The summed E-state index contributed by atoms with van der Waals surface area (Å²) in [4.78, 5) is 19.6. The lowest BCUT2D eigenvalue weighted by molar-refractivity contribution is -0.126. The van der Waals surface area contributed by atoms with Crippen molar-refractivity contribution in [2.24, 2.45) is 5.92 Å². The fraction of sp³-hybridized carbons (Fsp3) is 0.429. The van der Waals surface area contributed by atoms with Gasteiger partial charge in [0, 0.05) is 30.4 Å². The number of likely N-dealkylation sites (N-methyl/N-ethyl adjacent to an activating group) is 1. The summed E-state index contributed by atoms with van der Waals surface area (Å²) in [7, 11) is 0.301. The van der Waals surface area contributed by atoms with Crippen molar-refractivity contribution < 1.29 is 17.6 Å². The van der Waals surface area contributed by atoms with Crippen molar-refractivity contribution in [3.8, 4) is 0 Å². The molecular weight excluding hydrogens is 505 g/mol. The number of rotatable bonds is 10. The third kappa shape index (κ3) is 7.27.